The van der Waals surface area contributed by atoms with E-state index in [4.69, 9.17) is 0 Å². The summed E-state index contributed by atoms with van der Waals surface area (Å²) in [7, 11) is 1.23. The molecule has 0 aliphatic rings. The molecule has 11 heteroatoms. The van der Waals surface area contributed by atoms with E-state index in [1.807, 2.05) is 4.98 Å². The highest BCUT2D eigenvalue weighted by Gasteiger charge is 2.32. The number of H-pyrrole nitrogens is 2. The summed E-state index contributed by atoms with van der Waals surface area (Å²) in [4.78, 5) is 42.1. The first-order chi connectivity index (χ1) is 10.2. The molecule has 2 aromatic rings. The van der Waals surface area contributed by atoms with Gasteiger partial charge in [-0.25, -0.2) is 9.78 Å². The number of nitrogens with one attached hydrogen (secondary N) is 3. The molecule has 0 saturated heterocycles. The minimum Gasteiger partial charge on any atom is -0.344 e. The van der Waals surface area contributed by atoms with Gasteiger partial charge in [0.2, 0.25) is 0 Å². The molecule has 22 heavy (non-hydrogen) atoms. The van der Waals surface area contributed by atoms with Crippen molar-refractivity contribution in [2.24, 2.45) is 7.05 Å². The number of imidazole rings is 1. The normalized spacial score (nSPS) is 11.5. The predicted octanol–water partition coefficient (Wildman–Crippen LogP) is -0.255. The lowest BCUT2D eigenvalue weighted by Gasteiger charge is -2.04. The monoisotopic (exact) mass is 317 g/mol. The minimum atomic E-state index is -4.56. The molecule has 118 valence electrons. The van der Waals surface area contributed by atoms with Crippen molar-refractivity contribution in [3.05, 3.63) is 50.3 Å². The largest absolute Gasteiger partial charge is 0.432 e. The quantitative estimate of drug-likeness (QED) is 0.724. The molecule has 1 amide bonds. The van der Waals surface area contributed by atoms with E-state index < -0.39 is 29.0 Å². The summed E-state index contributed by atoms with van der Waals surface area (Å²) in [6.07, 6.45) is -3.96. The zero-order chi connectivity index (χ0) is 16.5. The van der Waals surface area contributed by atoms with E-state index in [1.165, 1.54) is 7.05 Å². The third-order valence-electron chi connectivity index (χ3n) is 2.74. The Labute approximate surface area is 120 Å². The zero-order valence-corrected chi connectivity index (χ0v) is 11.1. The average molecular weight is 317 g/mol. The first-order valence-corrected chi connectivity index (χ1v) is 5.88. The fraction of sp³-hybridized carbons (Fsp3) is 0.273. The molecule has 0 spiro atoms. The summed E-state index contributed by atoms with van der Waals surface area (Å²) in [6, 6.07) is 0.903. The van der Waals surface area contributed by atoms with E-state index in [0.29, 0.717) is 6.20 Å². The van der Waals surface area contributed by atoms with Gasteiger partial charge in [0.25, 0.3) is 11.5 Å². The minimum absolute atomic E-state index is 0.119. The molecule has 0 aliphatic heterocycles. The second kappa shape index (κ2) is 5.50. The summed E-state index contributed by atoms with van der Waals surface area (Å²) in [5.41, 5.74) is -2.81. The van der Waals surface area contributed by atoms with Crippen LogP contribution in [0.1, 0.15) is 22.0 Å². The molecule has 2 heterocycles. The van der Waals surface area contributed by atoms with Crippen LogP contribution in [0.5, 0.6) is 0 Å². The van der Waals surface area contributed by atoms with E-state index >= 15 is 0 Å². The molecule has 2 rings (SSSR count). The van der Waals surface area contributed by atoms with Crippen molar-refractivity contribution < 1.29 is 18.0 Å². The molecule has 2 aromatic heterocycles. The molecule has 8 nitrogen and oxygen atoms in total. The Bertz CT molecular complexity index is 786. The highest BCUT2D eigenvalue weighted by atomic mass is 19.4. The van der Waals surface area contributed by atoms with Gasteiger partial charge in [-0.15, -0.1) is 0 Å². The van der Waals surface area contributed by atoms with Crippen LogP contribution in [-0.4, -0.2) is 25.4 Å². The fourth-order valence-electron chi connectivity index (χ4n) is 1.53. The van der Waals surface area contributed by atoms with Crippen LogP contribution >= 0.6 is 0 Å². The maximum atomic E-state index is 12.4. The molecule has 3 N–H and O–H groups in total. The molecule has 0 radical (unpaired) electrons. The van der Waals surface area contributed by atoms with Gasteiger partial charge in [0.15, 0.2) is 0 Å². The maximum absolute atomic E-state index is 12.4. The second-order valence-electron chi connectivity index (χ2n) is 4.31. The average Bonchev–Trinajstić information content (AvgIpc) is 2.90. The lowest BCUT2D eigenvalue weighted by atomic mass is 10.3. The van der Waals surface area contributed by atoms with Gasteiger partial charge in [-0.2, -0.15) is 13.2 Å². The third kappa shape index (κ3) is 3.24. The topological polar surface area (TPSA) is 113 Å². The van der Waals surface area contributed by atoms with Crippen molar-refractivity contribution in [1.29, 1.82) is 0 Å². The van der Waals surface area contributed by atoms with E-state index in [-0.39, 0.29) is 18.1 Å². The second-order valence-corrected chi connectivity index (χ2v) is 4.31. The predicted molar refractivity (Wildman–Crippen MR) is 67.1 cm³/mol. The Hall–Kier alpha value is -2.85. The van der Waals surface area contributed by atoms with Crippen molar-refractivity contribution in [2.75, 3.05) is 0 Å². The number of carbonyl (C=O) groups is 1. The number of halogens is 3. The number of rotatable bonds is 3. The Morgan fingerprint density at radius 3 is 2.59 bits per heavy atom. The SMILES string of the molecule is Cn1c(=O)cc(C(=O)NCc2ncc(C(F)(F)F)[nH]2)[nH]c1=O. The summed E-state index contributed by atoms with van der Waals surface area (Å²) in [6.45, 7) is -0.327. The van der Waals surface area contributed by atoms with Gasteiger partial charge in [-0.3, -0.25) is 14.2 Å². The summed E-state index contributed by atoms with van der Waals surface area (Å²) in [5.74, 6) is -0.938. The van der Waals surface area contributed by atoms with Gasteiger partial charge in [0.05, 0.1) is 12.7 Å². The molecule has 0 bridgehead atoms. The molecular formula is C11H10F3N5O3. The van der Waals surface area contributed by atoms with Crippen LogP contribution in [0.3, 0.4) is 0 Å². The number of alkyl halides is 3. The molecule has 0 fully saturated rings. The third-order valence-corrected chi connectivity index (χ3v) is 2.74. The van der Waals surface area contributed by atoms with Crippen LogP contribution in [0.4, 0.5) is 13.2 Å². The van der Waals surface area contributed by atoms with Crippen LogP contribution in [0.15, 0.2) is 21.9 Å². The lowest BCUT2D eigenvalue weighted by molar-refractivity contribution is -0.140. The van der Waals surface area contributed by atoms with Crippen LogP contribution in [0.25, 0.3) is 0 Å². The number of aromatic nitrogens is 4. The standard InChI is InChI=1S/C11H10F3N5O3/c1-19-8(20)2-5(17-10(19)22)9(21)16-4-7-15-3-6(18-7)11(12,13)14/h2-3H,4H2,1H3,(H,15,18)(H,16,21)(H,17,22). The fourth-order valence-corrected chi connectivity index (χ4v) is 1.53. The summed E-state index contributed by atoms with van der Waals surface area (Å²) in [5, 5.41) is 2.24. The maximum Gasteiger partial charge on any atom is 0.432 e. The Balaban J connectivity index is 2.09. The molecular weight excluding hydrogens is 307 g/mol. The Kier molecular flexibility index (Phi) is 3.89. The summed E-state index contributed by atoms with van der Waals surface area (Å²) >= 11 is 0. The Morgan fingerprint density at radius 1 is 1.36 bits per heavy atom. The van der Waals surface area contributed by atoms with Crippen molar-refractivity contribution in [2.45, 2.75) is 12.7 Å². The van der Waals surface area contributed by atoms with Crippen molar-refractivity contribution >= 4 is 5.91 Å². The molecule has 0 unspecified atom stereocenters. The molecule has 0 aliphatic carbocycles. The van der Waals surface area contributed by atoms with E-state index in [0.717, 1.165) is 10.6 Å². The molecule has 0 aromatic carbocycles. The van der Waals surface area contributed by atoms with Gasteiger partial charge in [0.1, 0.15) is 17.2 Å². The number of carbonyl (C=O) groups excluding carboxylic acids is 1. The number of amides is 1. The van der Waals surface area contributed by atoms with Crippen LogP contribution in [0.2, 0.25) is 0 Å². The van der Waals surface area contributed by atoms with Gasteiger partial charge in [-0.1, -0.05) is 0 Å². The number of hydrogen-bond donors (Lipinski definition) is 3. The van der Waals surface area contributed by atoms with E-state index in [1.54, 1.807) is 0 Å². The first kappa shape index (κ1) is 15.5. The molecule has 0 saturated carbocycles. The van der Waals surface area contributed by atoms with Crippen molar-refractivity contribution in [1.82, 2.24) is 24.8 Å². The zero-order valence-electron chi connectivity index (χ0n) is 11.1. The highest BCUT2D eigenvalue weighted by Crippen LogP contribution is 2.27. The first-order valence-electron chi connectivity index (χ1n) is 5.88. The van der Waals surface area contributed by atoms with Crippen molar-refractivity contribution in [3.8, 4) is 0 Å². The van der Waals surface area contributed by atoms with Gasteiger partial charge < -0.3 is 15.3 Å². The summed E-state index contributed by atoms with van der Waals surface area (Å²) < 4.78 is 37.8. The number of nitrogens with zero attached hydrogens (tertiary/aromatic N) is 2. The van der Waals surface area contributed by atoms with E-state index in [9.17, 15) is 27.6 Å². The highest BCUT2D eigenvalue weighted by molar-refractivity contribution is 5.91. The van der Waals surface area contributed by atoms with Gasteiger partial charge in [0, 0.05) is 13.1 Å². The Morgan fingerprint density at radius 2 is 2.05 bits per heavy atom. The number of aromatic amines is 2. The van der Waals surface area contributed by atoms with Crippen molar-refractivity contribution in [3.63, 3.8) is 0 Å². The number of hydrogen-bond acceptors (Lipinski definition) is 4. The van der Waals surface area contributed by atoms with Gasteiger partial charge in [-0.05, 0) is 0 Å². The lowest BCUT2D eigenvalue weighted by Crippen LogP contribution is -2.36. The van der Waals surface area contributed by atoms with E-state index in [2.05, 4.69) is 15.3 Å². The van der Waals surface area contributed by atoms with Gasteiger partial charge >= 0.3 is 11.9 Å². The smallest absolute Gasteiger partial charge is 0.344 e. The van der Waals surface area contributed by atoms with Crippen LogP contribution in [-0.2, 0) is 19.8 Å². The van der Waals surface area contributed by atoms with Crippen LogP contribution < -0.4 is 16.6 Å². The van der Waals surface area contributed by atoms with Crippen LogP contribution in [0, 0.1) is 0 Å². The molecule has 0 atom stereocenters.